The Bertz CT molecular complexity index is 1080. The van der Waals surface area contributed by atoms with E-state index in [0.717, 1.165) is 0 Å². The van der Waals surface area contributed by atoms with Gasteiger partial charge in [-0.3, -0.25) is 9.59 Å². The number of hydrogen-bond acceptors (Lipinski definition) is 5. The van der Waals surface area contributed by atoms with Crippen molar-refractivity contribution in [2.24, 2.45) is 10.9 Å². The number of nitrogens with zero attached hydrogens (tertiary/aromatic N) is 1. The Morgan fingerprint density at radius 1 is 1.16 bits per heavy atom. The first kappa shape index (κ1) is 23.8. The first-order valence-electron chi connectivity index (χ1n) is 10.3. The van der Waals surface area contributed by atoms with Crippen molar-refractivity contribution < 1.29 is 22.4 Å². The quantitative estimate of drug-likeness (QED) is 0.539. The number of carbonyl (C=O) groups excluding carboxylic acids is 2. The van der Waals surface area contributed by atoms with Crippen LogP contribution in [0.4, 0.5) is 4.39 Å². The van der Waals surface area contributed by atoms with Crippen molar-refractivity contribution in [1.82, 2.24) is 10.2 Å². The Hall–Kier alpha value is -2.82. The lowest BCUT2D eigenvalue weighted by atomic mass is 10.0. The zero-order valence-corrected chi connectivity index (χ0v) is 18.4. The number of halogens is 1. The average Bonchev–Trinajstić information content (AvgIpc) is 3.23. The zero-order chi connectivity index (χ0) is 23.3. The van der Waals surface area contributed by atoms with Crippen molar-refractivity contribution >= 4 is 21.8 Å². The molecule has 0 radical (unpaired) electrons. The normalized spacial score (nSPS) is 17.2. The number of nitrogens with two attached hydrogens (primary N) is 2. The Labute approximate surface area is 186 Å². The fraction of sp³-hybridized carbons (Fsp3) is 0.364. The molecule has 0 spiro atoms. The third-order valence-electron chi connectivity index (χ3n) is 5.47. The number of primary sulfonamides is 1. The molecule has 1 saturated heterocycles. The van der Waals surface area contributed by atoms with Crippen molar-refractivity contribution in [2.45, 2.75) is 49.2 Å². The minimum absolute atomic E-state index is 0.00753. The van der Waals surface area contributed by atoms with Gasteiger partial charge in [0, 0.05) is 25.6 Å². The molecule has 5 N–H and O–H groups in total. The van der Waals surface area contributed by atoms with E-state index in [2.05, 4.69) is 5.32 Å². The number of rotatable bonds is 8. The average molecular weight is 463 g/mol. The van der Waals surface area contributed by atoms with Gasteiger partial charge in [0.1, 0.15) is 11.9 Å². The molecule has 172 valence electrons. The van der Waals surface area contributed by atoms with Gasteiger partial charge in [-0.1, -0.05) is 30.3 Å². The third-order valence-corrected chi connectivity index (χ3v) is 6.40. The van der Waals surface area contributed by atoms with Gasteiger partial charge in [0.15, 0.2) is 0 Å². The monoisotopic (exact) mass is 462 g/mol. The second-order valence-corrected chi connectivity index (χ2v) is 9.47. The maximum absolute atomic E-state index is 13.8. The van der Waals surface area contributed by atoms with Crippen LogP contribution >= 0.6 is 0 Å². The lowest BCUT2D eigenvalue weighted by Gasteiger charge is -2.25. The molecule has 2 atom stereocenters. The molecule has 0 unspecified atom stereocenters. The van der Waals surface area contributed by atoms with E-state index in [-0.39, 0.29) is 41.9 Å². The van der Waals surface area contributed by atoms with Crippen LogP contribution in [0.1, 0.15) is 30.4 Å². The minimum atomic E-state index is -3.78. The van der Waals surface area contributed by atoms with Gasteiger partial charge in [0.25, 0.3) is 0 Å². The maximum Gasteiger partial charge on any atom is 0.243 e. The highest BCUT2D eigenvalue weighted by atomic mass is 32.2. The number of benzene rings is 2. The van der Waals surface area contributed by atoms with E-state index in [1.165, 1.54) is 23.1 Å². The highest BCUT2D eigenvalue weighted by Crippen LogP contribution is 2.20. The molecule has 0 aliphatic carbocycles. The molecule has 0 aromatic heterocycles. The highest BCUT2D eigenvalue weighted by molar-refractivity contribution is 7.89. The second-order valence-electron chi connectivity index (χ2n) is 7.91. The largest absolute Gasteiger partial charge is 0.350 e. The number of carbonyl (C=O) groups is 2. The number of sulfonamides is 1. The van der Waals surface area contributed by atoms with E-state index in [4.69, 9.17) is 10.9 Å². The number of hydrogen-bond donors (Lipinski definition) is 3. The molecular weight excluding hydrogens is 435 g/mol. The lowest BCUT2D eigenvalue weighted by molar-refractivity contribution is -0.138. The van der Waals surface area contributed by atoms with Crippen LogP contribution in [0.2, 0.25) is 0 Å². The molecule has 1 aliphatic rings. The maximum atomic E-state index is 13.8. The van der Waals surface area contributed by atoms with Crippen LogP contribution in [0.5, 0.6) is 0 Å². The van der Waals surface area contributed by atoms with Gasteiger partial charge >= 0.3 is 0 Å². The summed E-state index contributed by atoms with van der Waals surface area (Å²) in [4.78, 5) is 27.0. The summed E-state index contributed by atoms with van der Waals surface area (Å²) in [5.41, 5.74) is 7.23. The van der Waals surface area contributed by atoms with Crippen molar-refractivity contribution in [1.29, 1.82) is 0 Å². The summed E-state index contributed by atoms with van der Waals surface area (Å²) in [6.45, 7) is 0.654. The zero-order valence-electron chi connectivity index (χ0n) is 17.5. The van der Waals surface area contributed by atoms with Crippen LogP contribution < -0.4 is 16.2 Å². The van der Waals surface area contributed by atoms with E-state index in [1.807, 2.05) is 0 Å². The van der Waals surface area contributed by atoms with Crippen molar-refractivity contribution in [3.05, 3.63) is 65.5 Å². The van der Waals surface area contributed by atoms with Gasteiger partial charge in [-0.05, 0) is 48.6 Å². The summed E-state index contributed by atoms with van der Waals surface area (Å²) in [5.74, 6) is -0.871. The molecule has 2 aromatic rings. The molecule has 2 amide bonds. The third kappa shape index (κ3) is 6.12. The molecule has 0 saturated carbocycles. The van der Waals surface area contributed by atoms with Crippen molar-refractivity contribution in [3.8, 4) is 0 Å². The fourth-order valence-electron chi connectivity index (χ4n) is 3.80. The summed E-state index contributed by atoms with van der Waals surface area (Å²) in [6, 6.07) is 11.0. The van der Waals surface area contributed by atoms with Crippen LogP contribution in [-0.4, -0.2) is 43.8 Å². The molecule has 1 fully saturated rings. The Balaban J connectivity index is 1.54. The first-order valence-corrected chi connectivity index (χ1v) is 11.9. The molecule has 8 nitrogen and oxygen atoms in total. The summed E-state index contributed by atoms with van der Waals surface area (Å²) < 4.78 is 36.5. The summed E-state index contributed by atoms with van der Waals surface area (Å²) in [5, 5.41) is 7.87. The molecule has 32 heavy (non-hydrogen) atoms. The van der Waals surface area contributed by atoms with E-state index in [1.54, 1.807) is 30.3 Å². The first-order chi connectivity index (χ1) is 15.1. The summed E-state index contributed by atoms with van der Waals surface area (Å²) in [7, 11) is -3.78. The molecule has 10 heteroatoms. The number of nitrogens with one attached hydrogen (secondary N) is 1. The predicted octanol–water partition coefficient (Wildman–Crippen LogP) is 1.04. The van der Waals surface area contributed by atoms with E-state index >= 15 is 0 Å². The molecule has 2 aromatic carbocycles. The van der Waals surface area contributed by atoms with E-state index < -0.39 is 22.1 Å². The predicted molar refractivity (Wildman–Crippen MR) is 117 cm³/mol. The smallest absolute Gasteiger partial charge is 0.243 e. The Kier molecular flexibility index (Phi) is 7.60. The van der Waals surface area contributed by atoms with Crippen LogP contribution in [-0.2, 0) is 32.6 Å². The summed E-state index contributed by atoms with van der Waals surface area (Å²) >= 11 is 0. The molecule has 3 rings (SSSR count). The van der Waals surface area contributed by atoms with Gasteiger partial charge in [0.05, 0.1) is 4.90 Å². The second kappa shape index (κ2) is 10.2. The summed E-state index contributed by atoms with van der Waals surface area (Å²) in [6.07, 6.45) is 1.50. The molecule has 1 aliphatic heterocycles. The van der Waals surface area contributed by atoms with Gasteiger partial charge in [-0.2, -0.15) is 0 Å². The topological polar surface area (TPSA) is 136 Å². The van der Waals surface area contributed by atoms with Crippen molar-refractivity contribution in [3.63, 3.8) is 0 Å². The minimum Gasteiger partial charge on any atom is -0.350 e. The van der Waals surface area contributed by atoms with E-state index in [9.17, 15) is 22.4 Å². The van der Waals surface area contributed by atoms with Crippen LogP contribution in [0, 0.1) is 5.82 Å². The fourth-order valence-corrected chi connectivity index (χ4v) is 4.32. The molecular formula is C22H27FN4O4S. The standard InChI is InChI=1S/C22H27FN4O4S/c23-19-5-2-1-4-16(19)12-17(24)13-21(28)27-11-3-6-20(27)22(29)26-14-15-7-9-18(10-8-15)32(25,30)31/h1-2,4-5,7-10,17,20H,3,6,11-14,24H2,(H,26,29)(H2,25,30,31)/t17-,20+/m1/s1. The molecule has 1 heterocycles. The van der Waals surface area contributed by atoms with Crippen LogP contribution in [0.25, 0.3) is 0 Å². The number of likely N-dealkylation sites (tertiary alicyclic amines) is 1. The number of amides is 2. The van der Waals surface area contributed by atoms with Gasteiger partial charge in [0.2, 0.25) is 21.8 Å². The van der Waals surface area contributed by atoms with Crippen molar-refractivity contribution in [2.75, 3.05) is 6.54 Å². The Morgan fingerprint density at radius 3 is 2.50 bits per heavy atom. The Morgan fingerprint density at radius 2 is 1.84 bits per heavy atom. The highest BCUT2D eigenvalue weighted by Gasteiger charge is 2.34. The van der Waals surface area contributed by atoms with Gasteiger partial charge in [-0.25, -0.2) is 17.9 Å². The lowest BCUT2D eigenvalue weighted by Crippen LogP contribution is -2.47. The SMILES string of the molecule is N[C@@H](CC(=O)N1CCC[C@H]1C(=O)NCc1ccc(S(N)(=O)=O)cc1)Cc1ccccc1F. The molecule has 0 bridgehead atoms. The van der Waals surface area contributed by atoms with Gasteiger partial charge < -0.3 is 16.0 Å². The van der Waals surface area contributed by atoms with Crippen LogP contribution in [0.15, 0.2) is 53.4 Å². The van der Waals surface area contributed by atoms with E-state index in [0.29, 0.717) is 30.5 Å². The van der Waals surface area contributed by atoms with Gasteiger partial charge in [-0.15, -0.1) is 0 Å². The van der Waals surface area contributed by atoms with Crippen LogP contribution in [0.3, 0.4) is 0 Å².